The molecule has 0 radical (unpaired) electrons. The van der Waals surface area contributed by atoms with Crippen molar-refractivity contribution in [3.8, 4) is 5.75 Å². The highest BCUT2D eigenvalue weighted by Crippen LogP contribution is 2.44. The van der Waals surface area contributed by atoms with Gasteiger partial charge in [0.25, 0.3) is 0 Å². The lowest BCUT2D eigenvalue weighted by Gasteiger charge is -2.30. The summed E-state index contributed by atoms with van der Waals surface area (Å²) in [6.07, 6.45) is 1.43. The second-order valence-electron chi connectivity index (χ2n) is 7.99. The molecule has 31 heavy (non-hydrogen) atoms. The van der Waals surface area contributed by atoms with E-state index in [1.807, 2.05) is 37.4 Å². The molecule has 0 spiro atoms. The van der Waals surface area contributed by atoms with Crippen molar-refractivity contribution in [2.45, 2.75) is 25.8 Å². The van der Waals surface area contributed by atoms with Crippen LogP contribution in [0.2, 0.25) is 0 Å². The number of aromatic nitrogens is 1. The highest BCUT2D eigenvalue weighted by Gasteiger charge is 2.41. The molecule has 1 aliphatic rings. The van der Waals surface area contributed by atoms with Crippen LogP contribution in [0, 0.1) is 5.41 Å². The number of nitrogens with zero attached hydrogens (tertiary/aromatic N) is 1. The van der Waals surface area contributed by atoms with E-state index in [1.54, 1.807) is 11.3 Å². The molecule has 0 atom stereocenters. The van der Waals surface area contributed by atoms with Crippen LogP contribution in [0.4, 0.5) is 0 Å². The Balaban J connectivity index is 1.45. The molecule has 0 unspecified atom stereocenters. The summed E-state index contributed by atoms with van der Waals surface area (Å²) in [4.78, 5) is 16.4. The number of allylic oxidation sites excluding steroid dienone is 1. The molecule has 162 valence electrons. The van der Waals surface area contributed by atoms with E-state index in [0.717, 1.165) is 33.2 Å². The maximum Gasteiger partial charge on any atom is 0.304 e. The first-order valence-corrected chi connectivity index (χ1v) is 11.2. The second-order valence-corrected chi connectivity index (χ2v) is 9.11. The monoisotopic (exact) mass is 437 g/mol. The minimum atomic E-state index is -0.804. The molecule has 0 saturated heterocycles. The van der Waals surface area contributed by atoms with Crippen molar-refractivity contribution in [1.29, 1.82) is 0 Å². The minimum Gasteiger partial charge on any atom is -0.492 e. The highest BCUT2D eigenvalue weighted by molar-refractivity contribution is 7.18. The number of ether oxygens (including phenoxy) is 1. The molecule has 6 nitrogen and oxygen atoms in total. The van der Waals surface area contributed by atoms with Crippen molar-refractivity contribution in [3.05, 3.63) is 70.9 Å². The van der Waals surface area contributed by atoms with E-state index >= 15 is 0 Å². The van der Waals surface area contributed by atoms with Gasteiger partial charge in [-0.2, -0.15) is 0 Å². The van der Waals surface area contributed by atoms with Crippen molar-refractivity contribution in [3.63, 3.8) is 0 Å². The first-order chi connectivity index (χ1) is 15.0. The number of nitrogens with one attached hydrogen (secondary N) is 2. The van der Waals surface area contributed by atoms with Gasteiger partial charge in [0.2, 0.25) is 0 Å². The van der Waals surface area contributed by atoms with Crippen molar-refractivity contribution in [1.82, 2.24) is 15.6 Å². The fourth-order valence-corrected chi connectivity index (χ4v) is 5.08. The van der Waals surface area contributed by atoms with E-state index in [4.69, 9.17) is 9.72 Å². The quantitative estimate of drug-likeness (QED) is 0.419. The standard InChI is InChI=1S/C24H27N3O3S/c1-16(24(14-23(28)29)12-17-5-3-4-6-18(17)13-24)26-15-22-27-20-11-19(30-10-9-25-2)7-8-21(20)31-22/h3-8,11,25-26H,1,9-10,12-15H2,2H3,(H,28,29). The zero-order valence-electron chi connectivity index (χ0n) is 17.6. The lowest BCUT2D eigenvalue weighted by atomic mass is 9.78. The number of fused-ring (bicyclic) bond motifs is 2. The topological polar surface area (TPSA) is 83.5 Å². The van der Waals surface area contributed by atoms with Crippen LogP contribution in [0.1, 0.15) is 22.6 Å². The Morgan fingerprint density at radius 1 is 1.26 bits per heavy atom. The molecule has 0 fully saturated rings. The van der Waals surface area contributed by atoms with Gasteiger partial charge in [-0.15, -0.1) is 11.3 Å². The predicted octanol–water partition coefficient (Wildman–Crippen LogP) is 3.76. The van der Waals surface area contributed by atoms with Crippen LogP contribution >= 0.6 is 11.3 Å². The third-order valence-electron chi connectivity index (χ3n) is 5.78. The summed E-state index contributed by atoms with van der Waals surface area (Å²) in [5.74, 6) is 0.00245. The van der Waals surface area contributed by atoms with Gasteiger partial charge in [-0.05, 0) is 43.1 Å². The summed E-state index contributed by atoms with van der Waals surface area (Å²) in [7, 11) is 1.89. The zero-order chi connectivity index (χ0) is 21.8. The Bertz CT molecular complexity index is 1080. The van der Waals surface area contributed by atoms with E-state index in [-0.39, 0.29) is 6.42 Å². The zero-order valence-corrected chi connectivity index (χ0v) is 18.4. The van der Waals surface area contributed by atoms with Gasteiger partial charge in [-0.3, -0.25) is 4.79 Å². The molecule has 1 aliphatic carbocycles. The van der Waals surface area contributed by atoms with Gasteiger partial charge >= 0.3 is 5.97 Å². The van der Waals surface area contributed by atoms with Crippen LogP contribution in [0.15, 0.2) is 54.7 Å². The fourth-order valence-electron chi connectivity index (χ4n) is 4.19. The summed E-state index contributed by atoms with van der Waals surface area (Å²) >= 11 is 1.62. The minimum absolute atomic E-state index is 0.0562. The molecule has 7 heteroatoms. The van der Waals surface area contributed by atoms with Crippen LogP contribution in [-0.2, 0) is 24.2 Å². The number of carbonyl (C=O) groups is 1. The van der Waals surface area contributed by atoms with Gasteiger partial charge in [-0.1, -0.05) is 30.8 Å². The molecule has 4 rings (SSSR count). The maximum atomic E-state index is 11.6. The van der Waals surface area contributed by atoms with Gasteiger partial charge in [0.1, 0.15) is 17.4 Å². The van der Waals surface area contributed by atoms with E-state index in [9.17, 15) is 9.90 Å². The number of aliphatic carboxylic acids is 1. The van der Waals surface area contributed by atoms with E-state index in [1.165, 1.54) is 11.1 Å². The molecule has 3 N–H and O–H groups in total. The van der Waals surface area contributed by atoms with Crippen LogP contribution in [0.3, 0.4) is 0 Å². The lowest BCUT2D eigenvalue weighted by Crippen LogP contribution is -2.34. The number of carboxylic acids is 1. The molecule has 0 saturated carbocycles. The maximum absolute atomic E-state index is 11.6. The molecule has 1 aromatic heterocycles. The average molecular weight is 438 g/mol. The third-order valence-corrected chi connectivity index (χ3v) is 6.82. The number of benzene rings is 2. The number of hydrogen-bond acceptors (Lipinski definition) is 6. The van der Waals surface area contributed by atoms with Crippen molar-refractivity contribution < 1.29 is 14.6 Å². The van der Waals surface area contributed by atoms with Gasteiger partial charge < -0.3 is 20.5 Å². The third kappa shape index (κ3) is 4.73. The first kappa shape index (κ1) is 21.3. The van der Waals surface area contributed by atoms with Crippen LogP contribution < -0.4 is 15.4 Å². The van der Waals surface area contributed by atoms with E-state index < -0.39 is 11.4 Å². The van der Waals surface area contributed by atoms with Gasteiger partial charge in [0.15, 0.2) is 0 Å². The highest BCUT2D eigenvalue weighted by atomic mass is 32.1. The van der Waals surface area contributed by atoms with Crippen molar-refractivity contribution >= 4 is 27.5 Å². The summed E-state index contributed by atoms with van der Waals surface area (Å²) in [6.45, 7) is 6.16. The van der Waals surface area contributed by atoms with Gasteiger partial charge in [0.05, 0.1) is 23.2 Å². The number of rotatable bonds is 10. The fraction of sp³-hybridized carbons (Fsp3) is 0.333. The molecule has 0 bridgehead atoms. The molecule has 0 aliphatic heterocycles. The summed E-state index contributed by atoms with van der Waals surface area (Å²) < 4.78 is 6.82. The Hall–Kier alpha value is -2.90. The summed E-state index contributed by atoms with van der Waals surface area (Å²) in [5.41, 5.74) is 3.57. The smallest absolute Gasteiger partial charge is 0.304 e. The normalized spacial score (nSPS) is 14.4. The van der Waals surface area contributed by atoms with Crippen LogP contribution in [0.25, 0.3) is 10.2 Å². The Morgan fingerprint density at radius 2 is 2.00 bits per heavy atom. The van der Waals surface area contributed by atoms with E-state index in [0.29, 0.717) is 26.0 Å². The summed E-state index contributed by atoms with van der Waals surface area (Å²) in [5, 5.41) is 16.9. The Labute approximate surface area is 186 Å². The lowest BCUT2D eigenvalue weighted by molar-refractivity contribution is -0.139. The van der Waals surface area contributed by atoms with Crippen molar-refractivity contribution in [2.24, 2.45) is 5.41 Å². The van der Waals surface area contributed by atoms with Crippen molar-refractivity contribution in [2.75, 3.05) is 20.2 Å². The molecule has 1 heterocycles. The Kier molecular flexibility index (Phi) is 6.25. The average Bonchev–Trinajstić information content (AvgIpc) is 3.32. The molecular formula is C24H27N3O3S. The number of carboxylic acid groups (broad SMARTS) is 1. The SMILES string of the molecule is C=C(NCc1nc2cc(OCCNC)ccc2s1)C1(CC(=O)O)Cc2ccccc2C1. The second kappa shape index (κ2) is 9.08. The Morgan fingerprint density at radius 3 is 2.68 bits per heavy atom. The predicted molar refractivity (Wildman–Crippen MR) is 124 cm³/mol. The number of likely N-dealkylation sites (N-methyl/N-ethyl adjacent to an activating group) is 1. The van der Waals surface area contributed by atoms with Gasteiger partial charge in [-0.25, -0.2) is 4.98 Å². The number of hydrogen-bond donors (Lipinski definition) is 3. The number of thiazole rings is 1. The molecule has 2 aromatic carbocycles. The van der Waals surface area contributed by atoms with Crippen LogP contribution in [-0.4, -0.2) is 36.3 Å². The first-order valence-electron chi connectivity index (χ1n) is 10.4. The summed E-state index contributed by atoms with van der Waals surface area (Å²) in [6, 6.07) is 14.1. The largest absolute Gasteiger partial charge is 0.492 e. The van der Waals surface area contributed by atoms with E-state index in [2.05, 4.69) is 29.3 Å². The molecular weight excluding hydrogens is 410 g/mol. The molecule has 3 aromatic rings. The van der Waals surface area contributed by atoms with Gasteiger partial charge in [0, 0.05) is 23.7 Å². The van der Waals surface area contributed by atoms with Crippen LogP contribution in [0.5, 0.6) is 5.75 Å². The molecule has 0 amide bonds.